The molecule has 0 saturated carbocycles. The average molecular weight is 242 g/mol. The van der Waals surface area contributed by atoms with Crippen molar-refractivity contribution >= 4 is 23.0 Å². The van der Waals surface area contributed by atoms with Crippen LogP contribution < -0.4 is 10.6 Å². The Bertz CT molecular complexity index is 375. The molecule has 0 amide bonds. The lowest BCUT2D eigenvalue weighted by molar-refractivity contribution is 0.204. The van der Waals surface area contributed by atoms with Crippen molar-refractivity contribution in [3.8, 4) is 0 Å². The van der Waals surface area contributed by atoms with Gasteiger partial charge in [0.1, 0.15) is 0 Å². The van der Waals surface area contributed by atoms with E-state index in [2.05, 4.69) is 15.7 Å². The molecule has 0 aliphatic carbocycles. The smallest absolute Gasteiger partial charge is 0.170 e. The van der Waals surface area contributed by atoms with Gasteiger partial charge in [0.05, 0.1) is 23.7 Å². The SMILES string of the molecule is COCCNC(=S)Nc1c(C)nn(C)c1C. The minimum absolute atomic E-state index is 0.594. The van der Waals surface area contributed by atoms with E-state index >= 15 is 0 Å². The summed E-state index contributed by atoms with van der Waals surface area (Å²) in [4.78, 5) is 0. The number of aryl methyl sites for hydroxylation is 2. The number of nitrogens with one attached hydrogen (secondary N) is 2. The molecule has 0 saturated heterocycles. The lowest BCUT2D eigenvalue weighted by Gasteiger charge is -2.10. The first-order valence-electron chi connectivity index (χ1n) is 5.10. The molecule has 90 valence electrons. The fourth-order valence-corrected chi connectivity index (χ4v) is 1.58. The van der Waals surface area contributed by atoms with Crippen LogP contribution in [0.2, 0.25) is 0 Å². The number of rotatable bonds is 4. The number of ether oxygens (including phenoxy) is 1. The van der Waals surface area contributed by atoms with Gasteiger partial charge in [-0.05, 0) is 26.1 Å². The van der Waals surface area contributed by atoms with Crippen molar-refractivity contribution in [2.75, 3.05) is 25.6 Å². The topological polar surface area (TPSA) is 51.1 Å². The Morgan fingerprint density at radius 1 is 1.50 bits per heavy atom. The molecule has 16 heavy (non-hydrogen) atoms. The molecule has 0 atom stereocenters. The lowest BCUT2D eigenvalue weighted by atomic mass is 10.3. The Labute approximate surface area is 101 Å². The molecular formula is C10H18N4OS. The van der Waals surface area contributed by atoms with E-state index in [0.29, 0.717) is 18.3 Å². The predicted octanol–water partition coefficient (Wildman–Crippen LogP) is 0.970. The highest BCUT2D eigenvalue weighted by Gasteiger charge is 2.09. The van der Waals surface area contributed by atoms with Crippen LogP contribution in [0.3, 0.4) is 0 Å². The summed E-state index contributed by atoms with van der Waals surface area (Å²) in [5, 5.41) is 11.1. The highest BCUT2D eigenvalue weighted by Crippen LogP contribution is 2.17. The van der Waals surface area contributed by atoms with Crippen LogP contribution in [-0.2, 0) is 11.8 Å². The fourth-order valence-electron chi connectivity index (χ4n) is 1.38. The van der Waals surface area contributed by atoms with E-state index < -0.39 is 0 Å². The van der Waals surface area contributed by atoms with E-state index in [9.17, 15) is 0 Å². The van der Waals surface area contributed by atoms with Crippen LogP contribution in [-0.4, -0.2) is 35.2 Å². The van der Waals surface area contributed by atoms with Crippen molar-refractivity contribution in [1.29, 1.82) is 0 Å². The third-order valence-corrected chi connectivity index (χ3v) is 2.59. The Hall–Kier alpha value is -1.14. The number of aromatic nitrogens is 2. The van der Waals surface area contributed by atoms with Crippen molar-refractivity contribution in [3.63, 3.8) is 0 Å². The van der Waals surface area contributed by atoms with Crippen LogP contribution in [0.4, 0.5) is 5.69 Å². The molecule has 1 aromatic rings. The van der Waals surface area contributed by atoms with Crippen molar-refractivity contribution in [1.82, 2.24) is 15.1 Å². The number of hydrogen-bond donors (Lipinski definition) is 2. The third-order valence-electron chi connectivity index (χ3n) is 2.34. The summed E-state index contributed by atoms with van der Waals surface area (Å²) in [7, 11) is 3.57. The number of nitrogens with zero attached hydrogens (tertiary/aromatic N) is 2. The summed E-state index contributed by atoms with van der Waals surface area (Å²) in [6, 6.07) is 0. The first-order valence-corrected chi connectivity index (χ1v) is 5.51. The molecule has 6 heteroatoms. The molecule has 1 rings (SSSR count). The maximum absolute atomic E-state index is 5.16. The molecule has 0 radical (unpaired) electrons. The van der Waals surface area contributed by atoms with Crippen LogP contribution in [0.15, 0.2) is 0 Å². The van der Waals surface area contributed by atoms with Gasteiger partial charge in [-0.3, -0.25) is 4.68 Å². The standard InChI is InChI=1S/C10H18N4OS/c1-7-9(8(2)14(3)13-7)12-10(16)11-5-6-15-4/h5-6H2,1-4H3,(H2,11,12,16). The van der Waals surface area contributed by atoms with Gasteiger partial charge in [-0.25, -0.2) is 0 Å². The van der Waals surface area contributed by atoms with Crippen molar-refractivity contribution in [2.24, 2.45) is 7.05 Å². The summed E-state index contributed by atoms with van der Waals surface area (Å²) >= 11 is 5.16. The summed E-state index contributed by atoms with van der Waals surface area (Å²) in [5.41, 5.74) is 2.97. The minimum Gasteiger partial charge on any atom is -0.383 e. The molecule has 0 aliphatic heterocycles. The monoisotopic (exact) mass is 242 g/mol. The van der Waals surface area contributed by atoms with E-state index in [1.807, 2.05) is 25.6 Å². The maximum Gasteiger partial charge on any atom is 0.170 e. The van der Waals surface area contributed by atoms with Gasteiger partial charge in [0.15, 0.2) is 5.11 Å². The van der Waals surface area contributed by atoms with E-state index in [-0.39, 0.29) is 0 Å². The maximum atomic E-state index is 5.16. The average Bonchev–Trinajstić information content (AvgIpc) is 2.46. The Kier molecular flexibility index (Phi) is 4.70. The van der Waals surface area contributed by atoms with Crippen LogP contribution in [0, 0.1) is 13.8 Å². The number of thiocarbonyl (C=S) groups is 1. The first-order chi connectivity index (χ1) is 7.56. The predicted molar refractivity (Wildman–Crippen MR) is 68.8 cm³/mol. The van der Waals surface area contributed by atoms with Crippen LogP contribution in [0.5, 0.6) is 0 Å². The van der Waals surface area contributed by atoms with Gasteiger partial charge in [-0.15, -0.1) is 0 Å². The zero-order valence-electron chi connectivity index (χ0n) is 10.1. The zero-order valence-corrected chi connectivity index (χ0v) is 10.9. The molecule has 0 unspecified atom stereocenters. The van der Waals surface area contributed by atoms with Gasteiger partial charge in [0, 0.05) is 20.7 Å². The molecular weight excluding hydrogens is 224 g/mol. The van der Waals surface area contributed by atoms with E-state index in [4.69, 9.17) is 17.0 Å². The molecule has 0 aliphatic rings. The van der Waals surface area contributed by atoms with Crippen LogP contribution in [0.1, 0.15) is 11.4 Å². The van der Waals surface area contributed by atoms with Crippen molar-refractivity contribution in [3.05, 3.63) is 11.4 Å². The molecule has 0 bridgehead atoms. The molecule has 0 aromatic carbocycles. The van der Waals surface area contributed by atoms with Crippen LogP contribution in [0.25, 0.3) is 0 Å². The van der Waals surface area contributed by atoms with Gasteiger partial charge >= 0.3 is 0 Å². The molecule has 5 nitrogen and oxygen atoms in total. The molecule has 0 spiro atoms. The van der Waals surface area contributed by atoms with E-state index in [0.717, 1.165) is 17.1 Å². The van der Waals surface area contributed by atoms with E-state index in [1.165, 1.54) is 0 Å². The van der Waals surface area contributed by atoms with Crippen LogP contribution >= 0.6 is 12.2 Å². The normalized spacial score (nSPS) is 10.2. The highest BCUT2D eigenvalue weighted by atomic mass is 32.1. The minimum atomic E-state index is 0.594. The molecule has 1 heterocycles. The fraction of sp³-hybridized carbons (Fsp3) is 0.600. The number of methoxy groups -OCH3 is 1. The lowest BCUT2D eigenvalue weighted by Crippen LogP contribution is -2.31. The van der Waals surface area contributed by atoms with Gasteiger partial charge < -0.3 is 15.4 Å². The summed E-state index contributed by atoms with van der Waals surface area (Å²) in [5.74, 6) is 0. The largest absolute Gasteiger partial charge is 0.383 e. The van der Waals surface area contributed by atoms with E-state index in [1.54, 1.807) is 7.11 Å². The Balaban J connectivity index is 2.56. The highest BCUT2D eigenvalue weighted by molar-refractivity contribution is 7.80. The second kappa shape index (κ2) is 5.81. The second-order valence-corrected chi connectivity index (χ2v) is 3.95. The quantitative estimate of drug-likeness (QED) is 0.608. The summed E-state index contributed by atoms with van der Waals surface area (Å²) in [6.45, 7) is 5.28. The third kappa shape index (κ3) is 3.18. The zero-order chi connectivity index (χ0) is 12.1. The summed E-state index contributed by atoms with van der Waals surface area (Å²) in [6.07, 6.45) is 0. The Morgan fingerprint density at radius 2 is 2.19 bits per heavy atom. The molecule has 2 N–H and O–H groups in total. The van der Waals surface area contributed by atoms with Gasteiger partial charge in [0.2, 0.25) is 0 Å². The van der Waals surface area contributed by atoms with Gasteiger partial charge in [0.25, 0.3) is 0 Å². The Morgan fingerprint density at radius 3 is 2.69 bits per heavy atom. The first kappa shape index (κ1) is 12.9. The number of anilines is 1. The summed E-state index contributed by atoms with van der Waals surface area (Å²) < 4.78 is 6.76. The molecule has 0 fully saturated rings. The van der Waals surface area contributed by atoms with Crippen molar-refractivity contribution < 1.29 is 4.74 Å². The second-order valence-electron chi connectivity index (χ2n) is 3.54. The van der Waals surface area contributed by atoms with Gasteiger partial charge in [-0.2, -0.15) is 5.10 Å². The molecule has 1 aromatic heterocycles. The van der Waals surface area contributed by atoms with Crippen molar-refractivity contribution in [2.45, 2.75) is 13.8 Å². The number of hydrogen-bond acceptors (Lipinski definition) is 3. The van der Waals surface area contributed by atoms with Gasteiger partial charge in [-0.1, -0.05) is 0 Å².